The van der Waals surface area contributed by atoms with Gasteiger partial charge in [0.05, 0.1) is 4.90 Å². The second kappa shape index (κ2) is 5.76. The first kappa shape index (κ1) is 15.4. The Morgan fingerprint density at radius 3 is 2.09 bits per heavy atom. The van der Waals surface area contributed by atoms with Gasteiger partial charge in [0, 0.05) is 28.9 Å². The van der Waals surface area contributed by atoms with Crippen LogP contribution < -0.4 is 0 Å². The molecule has 0 unspecified atom stereocenters. The van der Waals surface area contributed by atoms with Crippen molar-refractivity contribution in [2.24, 2.45) is 11.8 Å². The van der Waals surface area contributed by atoms with Crippen LogP contribution in [0.2, 0.25) is 5.02 Å². The first-order chi connectivity index (χ1) is 11.1. The summed E-state index contributed by atoms with van der Waals surface area (Å²) in [5.41, 5.74) is 0. The van der Waals surface area contributed by atoms with E-state index in [0.717, 1.165) is 36.5 Å². The number of nitrogens with zero attached hydrogens (tertiary/aromatic N) is 1. The molecule has 2 bridgehead atoms. The predicted octanol–water partition coefficient (Wildman–Crippen LogP) is 4.30. The Morgan fingerprint density at radius 1 is 0.870 bits per heavy atom. The molecule has 1 saturated carbocycles. The number of halogens is 1. The Balaban J connectivity index is 1.82. The molecule has 2 aromatic rings. The van der Waals surface area contributed by atoms with Crippen molar-refractivity contribution in [3.63, 3.8) is 0 Å². The van der Waals surface area contributed by atoms with Crippen LogP contribution >= 0.6 is 11.6 Å². The number of hydrogen-bond donors (Lipinski definition) is 0. The van der Waals surface area contributed by atoms with Gasteiger partial charge in [0.15, 0.2) is 0 Å². The molecule has 0 N–H and O–H groups in total. The number of fused-ring (bicyclic) bond motifs is 5. The van der Waals surface area contributed by atoms with Crippen LogP contribution in [0.4, 0.5) is 0 Å². The molecule has 122 valence electrons. The summed E-state index contributed by atoms with van der Waals surface area (Å²) in [6.07, 6.45) is 4.66. The van der Waals surface area contributed by atoms with Crippen molar-refractivity contribution in [1.82, 2.24) is 4.31 Å². The molecule has 0 spiro atoms. The Hall–Kier alpha value is -1.10. The SMILES string of the molecule is O=S(=O)(c1cccc2c(Cl)cccc12)N1CC2CCC(CC2)C1. The lowest BCUT2D eigenvalue weighted by Crippen LogP contribution is -2.34. The van der Waals surface area contributed by atoms with Gasteiger partial charge in [0.25, 0.3) is 0 Å². The summed E-state index contributed by atoms with van der Waals surface area (Å²) in [6, 6.07) is 10.8. The van der Waals surface area contributed by atoms with E-state index in [1.165, 1.54) is 0 Å². The summed E-state index contributed by atoms with van der Waals surface area (Å²) in [5, 5.41) is 2.11. The Bertz CT molecular complexity index is 827. The van der Waals surface area contributed by atoms with Crippen molar-refractivity contribution in [1.29, 1.82) is 0 Å². The van der Waals surface area contributed by atoms with Gasteiger partial charge in [0.1, 0.15) is 0 Å². The predicted molar refractivity (Wildman–Crippen MR) is 93.2 cm³/mol. The number of hydrogen-bond acceptors (Lipinski definition) is 2. The Labute approximate surface area is 142 Å². The highest BCUT2D eigenvalue weighted by Crippen LogP contribution is 2.37. The quantitative estimate of drug-likeness (QED) is 0.810. The molecule has 3 nitrogen and oxygen atoms in total. The van der Waals surface area contributed by atoms with E-state index in [0.29, 0.717) is 34.8 Å². The van der Waals surface area contributed by atoms with Crippen LogP contribution in [0.1, 0.15) is 25.7 Å². The molecular formula is C18H20ClNO2S. The van der Waals surface area contributed by atoms with Crippen LogP contribution in [0.25, 0.3) is 10.8 Å². The van der Waals surface area contributed by atoms with Crippen LogP contribution in [0.3, 0.4) is 0 Å². The van der Waals surface area contributed by atoms with Crippen LogP contribution in [0, 0.1) is 11.8 Å². The van der Waals surface area contributed by atoms with Crippen LogP contribution in [0.5, 0.6) is 0 Å². The normalized spacial score (nSPS) is 25.6. The molecular weight excluding hydrogens is 330 g/mol. The van der Waals surface area contributed by atoms with Crippen LogP contribution in [0.15, 0.2) is 41.3 Å². The first-order valence-electron chi connectivity index (χ1n) is 8.23. The van der Waals surface area contributed by atoms with Gasteiger partial charge in [-0.3, -0.25) is 0 Å². The number of sulfonamides is 1. The maximum atomic E-state index is 13.3. The lowest BCUT2D eigenvalue weighted by molar-refractivity contribution is 0.326. The number of benzene rings is 2. The van der Waals surface area contributed by atoms with Crippen molar-refractivity contribution in [3.8, 4) is 0 Å². The van der Waals surface area contributed by atoms with E-state index in [1.54, 1.807) is 22.5 Å². The fourth-order valence-electron chi connectivity index (χ4n) is 4.05. The van der Waals surface area contributed by atoms with E-state index in [1.807, 2.05) is 18.2 Å². The monoisotopic (exact) mass is 349 g/mol. The highest BCUT2D eigenvalue weighted by molar-refractivity contribution is 7.89. The largest absolute Gasteiger partial charge is 0.243 e. The van der Waals surface area contributed by atoms with E-state index < -0.39 is 10.0 Å². The maximum absolute atomic E-state index is 13.3. The van der Waals surface area contributed by atoms with Crippen molar-refractivity contribution >= 4 is 32.4 Å². The standard InChI is InChI=1S/C18H20ClNO2S/c19-17-5-1-4-16-15(17)3-2-6-18(16)23(21,22)20-11-13-7-8-14(12-20)10-9-13/h1-6,13-14H,7-12H2. The fourth-order valence-corrected chi connectivity index (χ4v) is 6.09. The van der Waals surface area contributed by atoms with Gasteiger partial charge in [0.2, 0.25) is 10.0 Å². The summed E-state index contributed by atoms with van der Waals surface area (Å²) in [7, 11) is -3.48. The summed E-state index contributed by atoms with van der Waals surface area (Å²) < 4.78 is 28.3. The summed E-state index contributed by atoms with van der Waals surface area (Å²) in [5.74, 6) is 1.03. The van der Waals surface area contributed by atoms with Gasteiger partial charge in [-0.05, 0) is 49.7 Å². The van der Waals surface area contributed by atoms with Gasteiger partial charge in [-0.15, -0.1) is 0 Å². The second-order valence-corrected chi connectivity index (χ2v) is 9.11. The van der Waals surface area contributed by atoms with E-state index in [4.69, 9.17) is 11.6 Å². The molecule has 0 aromatic heterocycles. The summed E-state index contributed by atoms with van der Waals surface area (Å²) in [6.45, 7) is 1.32. The average Bonchev–Trinajstić information content (AvgIpc) is 2.89. The topological polar surface area (TPSA) is 37.4 Å². The van der Waals surface area contributed by atoms with E-state index in [2.05, 4.69) is 0 Å². The van der Waals surface area contributed by atoms with Gasteiger partial charge >= 0.3 is 0 Å². The molecule has 3 aliphatic rings. The molecule has 23 heavy (non-hydrogen) atoms. The van der Waals surface area contributed by atoms with Gasteiger partial charge in [-0.1, -0.05) is 35.9 Å². The minimum absolute atomic E-state index is 0.388. The van der Waals surface area contributed by atoms with Crippen molar-refractivity contribution in [3.05, 3.63) is 41.4 Å². The first-order valence-corrected chi connectivity index (χ1v) is 10.0. The molecule has 0 amide bonds. The molecule has 5 heteroatoms. The Morgan fingerprint density at radius 2 is 1.43 bits per heavy atom. The molecule has 1 aliphatic carbocycles. The molecule has 0 radical (unpaired) electrons. The third-order valence-corrected chi connectivity index (χ3v) is 7.56. The van der Waals surface area contributed by atoms with Gasteiger partial charge < -0.3 is 0 Å². The molecule has 2 aromatic carbocycles. The lowest BCUT2D eigenvalue weighted by atomic mass is 9.84. The smallest absolute Gasteiger partial charge is 0.207 e. The zero-order valence-corrected chi connectivity index (χ0v) is 14.5. The van der Waals surface area contributed by atoms with Crippen molar-refractivity contribution < 1.29 is 8.42 Å². The van der Waals surface area contributed by atoms with Crippen molar-refractivity contribution in [2.75, 3.05) is 13.1 Å². The van der Waals surface area contributed by atoms with E-state index in [9.17, 15) is 8.42 Å². The molecule has 2 saturated heterocycles. The van der Waals surface area contributed by atoms with Crippen LogP contribution in [-0.2, 0) is 10.0 Å². The number of rotatable bonds is 2. The van der Waals surface area contributed by atoms with Gasteiger partial charge in [-0.25, -0.2) is 8.42 Å². The van der Waals surface area contributed by atoms with Crippen LogP contribution in [-0.4, -0.2) is 25.8 Å². The van der Waals surface area contributed by atoms with E-state index in [-0.39, 0.29) is 0 Å². The highest BCUT2D eigenvalue weighted by atomic mass is 35.5. The Kier molecular flexibility index (Phi) is 3.87. The molecule has 2 aliphatic heterocycles. The molecule has 5 rings (SSSR count). The zero-order valence-electron chi connectivity index (χ0n) is 12.9. The highest BCUT2D eigenvalue weighted by Gasteiger charge is 2.36. The summed E-state index contributed by atoms with van der Waals surface area (Å²) >= 11 is 6.24. The van der Waals surface area contributed by atoms with Gasteiger partial charge in [-0.2, -0.15) is 4.31 Å². The molecule has 0 atom stereocenters. The molecule has 3 fully saturated rings. The minimum atomic E-state index is -3.48. The third-order valence-electron chi connectivity index (χ3n) is 5.34. The minimum Gasteiger partial charge on any atom is -0.207 e. The van der Waals surface area contributed by atoms with E-state index >= 15 is 0 Å². The lowest BCUT2D eigenvalue weighted by Gasteiger charge is -2.23. The second-order valence-electron chi connectivity index (χ2n) is 6.80. The summed E-state index contributed by atoms with van der Waals surface area (Å²) in [4.78, 5) is 0.388. The average molecular weight is 350 g/mol. The zero-order chi connectivity index (χ0) is 16.0. The maximum Gasteiger partial charge on any atom is 0.243 e. The van der Waals surface area contributed by atoms with Crippen molar-refractivity contribution in [2.45, 2.75) is 30.6 Å². The molecule has 2 heterocycles. The third kappa shape index (κ3) is 2.67. The fraction of sp³-hybridized carbons (Fsp3) is 0.444.